The number of rotatable bonds is 2. The van der Waals surface area contributed by atoms with E-state index < -0.39 is 12.7 Å². The van der Waals surface area contributed by atoms with E-state index in [4.69, 9.17) is 0 Å². The number of alkyl halides is 3. The lowest BCUT2D eigenvalue weighted by Crippen LogP contribution is -2.59. The average Bonchev–Trinajstić information content (AvgIpc) is 2.97. The van der Waals surface area contributed by atoms with Gasteiger partial charge in [0, 0.05) is 24.4 Å². The molecule has 7 atom stereocenters. The van der Waals surface area contributed by atoms with Gasteiger partial charge in [-0.3, -0.25) is 9.59 Å². The normalized spacial score (nSPS) is 43.8. The van der Waals surface area contributed by atoms with E-state index in [2.05, 4.69) is 25.2 Å². The SMILES string of the molecule is CN(CC(F)(F)F)C(=O)[C@H]1CC[C@H]2[C@@H]3CC[C@H]4NC(=O)C=C[C@]4(C)[C@H]3CC[C@]12C. The topological polar surface area (TPSA) is 49.4 Å². The Morgan fingerprint density at radius 3 is 2.59 bits per heavy atom. The molecular weight excluding hydrogens is 381 g/mol. The van der Waals surface area contributed by atoms with Crippen molar-refractivity contribution in [1.29, 1.82) is 0 Å². The lowest BCUT2D eigenvalue weighted by Gasteiger charge is -2.58. The molecule has 2 amide bonds. The summed E-state index contributed by atoms with van der Waals surface area (Å²) in [7, 11) is 1.28. The molecule has 4 nitrogen and oxygen atoms in total. The molecule has 7 heteroatoms. The van der Waals surface area contributed by atoms with Crippen LogP contribution in [0.5, 0.6) is 0 Å². The predicted molar refractivity (Wildman–Crippen MR) is 103 cm³/mol. The summed E-state index contributed by atoms with van der Waals surface area (Å²) in [6.45, 7) is 3.19. The van der Waals surface area contributed by atoms with E-state index in [-0.39, 0.29) is 34.6 Å². The first-order valence-electron chi connectivity index (χ1n) is 10.8. The minimum absolute atomic E-state index is 0.0224. The van der Waals surface area contributed by atoms with Gasteiger partial charge in [0.2, 0.25) is 11.8 Å². The van der Waals surface area contributed by atoms with Gasteiger partial charge in [0.1, 0.15) is 6.54 Å². The Balaban J connectivity index is 1.55. The average molecular weight is 412 g/mol. The molecule has 3 saturated carbocycles. The van der Waals surface area contributed by atoms with Crippen LogP contribution in [0.1, 0.15) is 52.4 Å². The maximum absolute atomic E-state index is 12.9. The zero-order valence-corrected chi connectivity index (χ0v) is 17.4. The van der Waals surface area contributed by atoms with Crippen LogP contribution in [-0.4, -0.2) is 42.5 Å². The van der Waals surface area contributed by atoms with Crippen LogP contribution in [0.25, 0.3) is 0 Å². The number of carbonyl (C=O) groups is 2. The smallest absolute Gasteiger partial charge is 0.349 e. The zero-order valence-electron chi connectivity index (χ0n) is 17.4. The van der Waals surface area contributed by atoms with Gasteiger partial charge in [0.25, 0.3) is 0 Å². The Morgan fingerprint density at radius 2 is 1.90 bits per heavy atom. The van der Waals surface area contributed by atoms with Crippen LogP contribution in [0.3, 0.4) is 0 Å². The van der Waals surface area contributed by atoms with Crippen molar-refractivity contribution >= 4 is 11.8 Å². The molecule has 162 valence electrons. The number of hydrogen-bond acceptors (Lipinski definition) is 2. The van der Waals surface area contributed by atoms with Crippen LogP contribution in [0.2, 0.25) is 0 Å². The fourth-order valence-corrected chi connectivity index (χ4v) is 7.35. The lowest BCUT2D eigenvalue weighted by atomic mass is 9.48. The third kappa shape index (κ3) is 3.28. The summed E-state index contributed by atoms with van der Waals surface area (Å²) < 4.78 is 38.4. The molecule has 1 N–H and O–H groups in total. The van der Waals surface area contributed by atoms with E-state index in [1.165, 1.54) is 7.05 Å². The van der Waals surface area contributed by atoms with Crippen LogP contribution in [0.15, 0.2) is 12.2 Å². The molecule has 0 aromatic carbocycles. The highest BCUT2D eigenvalue weighted by Crippen LogP contribution is 2.65. The molecule has 0 aromatic heterocycles. The Labute approximate surface area is 170 Å². The second-order valence-corrected chi connectivity index (χ2v) is 10.2. The van der Waals surface area contributed by atoms with E-state index in [9.17, 15) is 22.8 Å². The first-order valence-corrected chi connectivity index (χ1v) is 10.8. The molecular formula is C22H31F3N2O2. The van der Waals surface area contributed by atoms with E-state index in [1.54, 1.807) is 6.08 Å². The van der Waals surface area contributed by atoms with Crippen molar-refractivity contribution < 1.29 is 22.8 Å². The van der Waals surface area contributed by atoms with E-state index in [0.29, 0.717) is 24.2 Å². The monoisotopic (exact) mass is 412 g/mol. The highest BCUT2D eigenvalue weighted by atomic mass is 19.4. The minimum atomic E-state index is -4.37. The molecule has 29 heavy (non-hydrogen) atoms. The van der Waals surface area contributed by atoms with Crippen LogP contribution in [-0.2, 0) is 9.59 Å². The number of nitrogens with zero attached hydrogens (tertiary/aromatic N) is 1. The largest absolute Gasteiger partial charge is 0.406 e. The fourth-order valence-electron chi connectivity index (χ4n) is 7.35. The summed E-state index contributed by atoms with van der Waals surface area (Å²) in [6.07, 6.45) is 4.71. The van der Waals surface area contributed by atoms with Crippen molar-refractivity contribution in [2.75, 3.05) is 13.6 Å². The van der Waals surface area contributed by atoms with Crippen molar-refractivity contribution in [3.63, 3.8) is 0 Å². The molecule has 0 saturated heterocycles. The summed E-state index contributed by atoms with van der Waals surface area (Å²) in [5, 5.41) is 3.13. The number of halogens is 3. The van der Waals surface area contributed by atoms with Gasteiger partial charge in [-0.1, -0.05) is 19.9 Å². The van der Waals surface area contributed by atoms with E-state index in [0.717, 1.165) is 37.0 Å². The van der Waals surface area contributed by atoms with Crippen LogP contribution in [0, 0.1) is 34.5 Å². The fraction of sp³-hybridized carbons (Fsp3) is 0.818. The zero-order chi connectivity index (χ0) is 21.2. The summed E-state index contributed by atoms with van der Waals surface area (Å²) >= 11 is 0. The van der Waals surface area contributed by atoms with Gasteiger partial charge in [-0.15, -0.1) is 0 Å². The first kappa shape index (κ1) is 20.7. The highest BCUT2D eigenvalue weighted by molar-refractivity contribution is 5.89. The molecule has 4 rings (SSSR count). The van der Waals surface area contributed by atoms with Crippen LogP contribution in [0.4, 0.5) is 13.2 Å². The number of nitrogens with one attached hydrogen (secondary N) is 1. The minimum Gasteiger partial charge on any atom is -0.349 e. The van der Waals surface area contributed by atoms with Crippen molar-refractivity contribution in [1.82, 2.24) is 10.2 Å². The van der Waals surface area contributed by atoms with Gasteiger partial charge in [0.05, 0.1) is 0 Å². The quantitative estimate of drug-likeness (QED) is 0.747. The summed E-state index contributed by atoms with van der Waals surface area (Å²) in [4.78, 5) is 25.6. The van der Waals surface area contributed by atoms with Gasteiger partial charge < -0.3 is 10.2 Å². The number of amides is 2. The molecule has 1 aliphatic heterocycles. The van der Waals surface area contributed by atoms with Crippen molar-refractivity contribution in [2.45, 2.75) is 64.6 Å². The molecule has 0 bridgehead atoms. The van der Waals surface area contributed by atoms with Crippen molar-refractivity contribution in [2.24, 2.45) is 34.5 Å². The van der Waals surface area contributed by atoms with Gasteiger partial charge in [0.15, 0.2) is 0 Å². The van der Waals surface area contributed by atoms with Gasteiger partial charge >= 0.3 is 6.18 Å². The maximum Gasteiger partial charge on any atom is 0.406 e. The molecule has 0 spiro atoms. The Kier molecular flexibility index (Phi) is 4.82. The second kappa shape index (κ2) is 6.74. The summed E-state index contributed by atoms with van der Waals surface area (Å²) in [5.41, 5.74) is -0.309. The molecule has 4 aliphatic rings. The molecule has 0 aromatic rings. The summed E-state index contributed by atoms with van der Waals surface area (Å²) in [6, 6.07) is 0.155. The molecule has 1 heterocycles. The summed E-state index contributed by atoms with van der Waals surface area (Å²) in [5.74, 6) is 0.561. The predicted octanol–water partition coefficient (Wildman–Crippen LogP) is 3.92. The molecule has 0 radical (unpaired) electrons. The van der Waals surface area contributed by atoms with Crippen LogP contribution < -0.4 is 5.32 Å². The number of carbonyl (C=O) groups excluding carboxylic acids is 2. The molecule has 0 unspecified atom stereocenters. The maximum atomic E-state index is 12.9. The standard InChI is InChI=1S/C22H31F3N2O2/c1-20-10-8-15-13(4-7-17-21(15,2)11-9-18(28)26-17)14(20)5-6-16(20)19(29)27(3)12-22(23,24)25/h9,11,13-17H,4-8,10,12H2,1-3H3,(H,26,28)/t13-,14-,15-,16+,17+,20-,21+/m0/s1. The van der Waals surface area contributed by atoms with E-state index in [1.807, 2.05) is 0 Å². The second-order valence-electron chi connectivity index (χ2n) is 10.2. The third-order valence-electron chi connectivity index (χ3n) is 8.78. The number of hydrogen-bond donors (Lipinski definition) is 1. The van der Waals surface area contributed by atoms with Gasteiger partial charge in [-0.25, -0.2) is 0 Å². The Morgan fingerprint density at radius 1 is 1.17 bits per heavy atom. The highest BCUT2D eigenvalue weighted by Gasteiger charge is 2.61. The molecule has 3 fully saturated rings. The van der Waals surface area contributed by atoms with Gasteiger partial charge in [-0.05, 0) is 67.8 Å². The molecule has 3 aliphatic carbocycles. The van der Waals surface area contributed by atoms with E-state index >= 15 is 0 Å². The van der Waals surface area contributed by atoms with Gasteiger partial charge in [-0.2, -0.15) is 13.2 Å². The third-order valence-corrected chi connectivity index (χ3v) is 8.78. The lowest BCUT2D eigenvalue weighted by molar-refractivity contribution is -0.165. The van der Waals surface area contributed by atoms with Crippen LogP contribution >= 0.6 is 0 Å². The Hall–Kier alpha value is -1.53. The first-order chi connectivity index (χ1) is 13.5. The Bertz CT molecular complexity index is 736. The number of fused-ring (bicyclic) bond motifs is 5. The van der Waals surface area contributed by atoms with Crippen molar-refractivity contribution in [3.8, 4) is 0 Å². The van der Waals surface area contributed by atoms with Crippen molar-refractivity contribution in [3.05, 3.63) is 12.2 Å².